The summed E-state index contributed by atoms with van der Waals surface area (Å²) in [6, 6.07) is 8.83. The summed E-state index contributed by atoms with van der Waals surface area (Å²) < 4.78 is 0. The van der Waals surface area contributed by atoms with Gasteiger partial charge in [0.15, 0.2) is 0 Å². The summed E-state index contributed by atoms with van der Waals surface area (Å²) in [5.74, 6) is 0. The van der Waals surface area contributed by atoms with Gasteiger partial charge in [0.25, 0.3) is 0 Å². The maximum Gasteiger partial charge on any atom is 0.0230 e. The highest BCUT2D eigenvalue weighted by atomic mass is 15.1. The van der Waals surface area contributed by atoms with E-state index in [0.29, 0.717) is 5.41 Å². The molecule has 0 saturated carbocycles. The summed E-state index contributed by atoms with van der Waals surface area (Å²) in [5.41, 5.74) is 8.76. The van der Waals surface area contributed by atoms with E-state index in [4.69, 9.17) is 5.73 Å². The van der Waals surface area contributed by atoms with E-state index >= 15 is 0 Å². The molecule has 108 valence electrons. The molecule has 0 atom stereocenters. The zero-order chi connectivity index (χ0) is 14.3. The van der Waals surface area contributed by atoms with Gasteiger partial charge in [-0.05, 0) is 57.3 Å². The molecular weight excluding hydrogens is 232 g/mol. The third kappa shape index (κ3) is 6.74. The lowest BCUT2D eigenvalue weighted by atomic mass is 9.84. The molecule has 2 heteroatoms. The van der Waals surface area contributed by atoms with E-state index in [1.54, 1.807) is 0 Å². The Balaban J connectivity index is 2.28. The molecular formula is C17H30N2. The third-order valence-corrected chi connectivity index (χ3v) is 3.79. The predicted molar refractivity (Wildman–Crippen MR) is 84.2 cm³/mol. The largest absolute Gasteiger partial charge is 0.330 e. The van der Waals surface area contributed by atoms with Gasteiger partial charge in [-0.3, -0.25) is 0 Å². The Bertz CT molecular complexity index is 354. The Morgan fingerprint density at radius 1 is 1.11 bits per heavy atom. The average Bonchev–Trinajstić information content (AvgIpc) is 2.31. The van der Waals surface area contributed by atoms with Gasteiger partial charge in [-0.2, -0.15) is 0 Å². The second-order valence-electron chi connectivity index (χ2n) is 6.53. The van der Waals surface area contributed by atoms with Crippen LogP contribution in [0.15, 0.2) is 24.3 Å². The zero-order valence-electron chi connectivity index (χ0n) is 13.1. The first kappa shape index (κ1) is 16.2. The van der Waals surface area contributed by atoms with Gasteiger partial charge in [0, 0.05) is 6.54 Å². The molecule has 1 rings (SSSR count). The molecule has 1 aromatic carbocycles. The van der Waals surface area contributed by atoms with Crippen molar-refractivity contribution in [3.05, 3.63) is 35.4 Å². The Labute approximate surface area is 119 Å². The van der Waals surface area contributed by atoms with Gasteiger partial charge in [-0.25, -0.2) is 0 Å². The van der Waals surface area contributed by atoms with Crippen molar-refractivity contribution in [1.82, 2.24) is 4.90 Å². The lowest BCUT2D eigenvalue weighted by molar-refractivity contribution is 0.259. The Morgan fingerprint density at radius 3 is 2.32 bits per heavy atom. The van der Waals surface area contributed by atoms with Gasteiger partial charge in [0.05, 0.1) is 0 Å². The molecule has 0 aliphatic rings. The van der Waals surface area contributed by atoms with Crippen molar-refractivity contribution in [1.29, 1.82) is 0 Å². The number of aryl methyl sites for hydroxylation is 1. The molecule has 19 heavy (non-hydrogen) atoms. The van der Waals surface area contributed by atoms with Crippen molar-refractivity contribution < 1.29 is 0 Å². The van der Waals surface area contributed by atoms with Crippen molar-refractivity contribution in [2.45, 2.75) is 46.6 Å². The van der Waals surface area contributed by atoms with Gasteiger partial charge in [-0.1, -0.05) is 43.7 Å². The fourth-order valence-corrected chi connectivity index (χ4v) is 2.43. The predicted octanol–water partition coefficient (Wildman–Crippen LogP) is 3.58. The van der Waals surface area contributed by atoms with E-state index in [9.17, 15) is 0 Å². The normalized spacial score (nSPS) is 12.1. The minimum atomic E-state index is 0.388. The Kier molecular flexibility index (Phi) is 6.53. The number of nitrogens with two attached hydrogens (primary N) is 1. The second-order valence-corrected chi connectivity index (χ2v) is 6.53. The molecule has 1 aromatic rings. The fraction of sp³-hybridized carbons (Fsp3) is 0.647. The minimum absolute atomic E-state index is 0.388. The lowest BCUT2D eigenvalue weighted by Gasteiger charge is -2.25. The maximum absolute atomic E-state index is 5.65. The van der Waals surface area contributed by atoms with Crippen LogP contribution in [-0.4, -0.2) is 25.0 Å². The van der Waals surface area contributed by atoms with Crippen LogP contribution in [0.2, 0.25) is 0 Å². The Hall–Kier alpha value is -0.860. The second kappa shape index (κ2) is 7.66. The number of hydrogen-bond donors (Lipinski definition) is 1. The van der Waals surface area contributed by atoms with E-state index < -0.39 is 0 Å². The van der Waals surface area contributed by atoms with Gasteiger partial charge >= 0.3 is 0 Å². The van der Waals surface area contributed by atoms with Gasteiger partial charge in [0.1, 0.15) is 0 Å². The molecule has 0 aliphatic carbocycles. The molecule has 0 amide bonds. The van der Waals surface area contributed by atoms with Gasteiger partial charge < -0.3 is 10.6 Å². The topological polar surface area (TPSA) is 29.3 Å². The van der Waals surface area contributed by atoms with Crippen LogP contribution in [0.4, 0.5) is 0 Å². The number of hydrogen-bond acceptors (Lipinski definition) is 2. The molecule has 0 radical (unpaired) electrons. The van der Waals surface area contributed by atoms with Crippen molar-refractivity contribution in [2.24, 2.45) is 11.1 Å². The van der Waals surface area contributed by atoms with Gasteiger partial charge in [-0.15, -0.1) is 0 Å². The summed E-state index contributed by atoms with van der Waals surface area (Å²) in [4.78, 5) is 2.41. The highest BCUT2D eigenvalue weighted by Gasteiger charge is 2.16. The van der Waals surface area contributed by atoms with Gasteiger partial charge in [0.2, 0.25) is 0 Å². The van der Waals surface area contributed by atoms with Crippen LogP contribution in [0.1, 0.15) is 44.2 Å². The van der Waals surface area contributed by atoms with Crippen molar-refractivity contribution in [2.75, 3.05) is 20.1 Å². The average molecular weight is 262 g/mol. The van der Waals surface area contributed by atoms with Crippen LogP contribution in [-0.2, 0) is 6.54 Å². The standard InChI is InChI=1S/C17H30N2/c1-15-6-8-16(9-7-15)14-19(4)13-5-10-17(2,3)11-12-18/h6-9H,5,10-14,18H2,1-4H3. The molecule has 0 saturated heterocycles. The first-order valence-electron chi connectivity index (χ1n) is 7.37. The van der Waals surface area contributed by atoms with E-state index in [-0.39, 0.29) is 0 Å². The van der Waals surface area contributed by atoms with E-state index in [1.165, 1.54) is 24.0 Å². The molecule has 0 unspecified atom stereocenters. The highest BCUT2D eigenvalue weighted by molar-refractivity contribution is 5.21. The monoisotopic (exact) mass is 262 g/mol. The van der Waals surface area contributed by atoms with E-state index in [0.717, 1.165) is 26.1 Å². The molecule has 0 fully saturated rings. The Morgan fingerprint density at radius 2 is 1.74 bits per heavy atom. The lowest BCUT2D eigenvalue weighted by Crippen LogP contribution is -2.22. The molecule has 0 spiro atoms. The van der Waals surface area contributed by atoms with Crippen molar-refractivity contribution >= 4 is 0 Å². The number of benzene rings is 1. The molecule has 0 aromatic heterocycles. The van der Waals surface area contributed by atoms with Crippen molar-refractivity contribution in [3.63, 3.8) is 0 Å². The summed E-state index contributed by atoms with van der Waals surface area (Å²) in [5, 5.41) is 0. The number of nitrogens with zero attached hydrogens (tertiary/aromatic N) is 1. The van der Waals surface area contributed by atoms with Crippen molar-refractivity contribution in [3.8, 4) is 0 Å². The van der Waals surface area contributed by atoms with E-state index in [2.05, 4.69) is 57.0 Å². The highest BCUT2D eigenvalue weighted by Crippen LogP contribution is 2.25. The molecule has 0 aliphatic heterocycles. The quantitative estimate of drug-likeness (QED) is 0.776. The SMILES string of the molecule is Cc1ccc(CN(C)CCCC(C)(C)CCN)cc1. The molecule has 2 nitrogen and oxygen atoms in total. The van der Waals surface area contributed by atoms with Crippen LogP contribution in [0, 0.1) is 12.3 Å². The summed E-state index contributed by atoms with van der Waals surface area (Å²) in [6.07, 6.45) is 3.62. The fourth-order valence-electron chi connectivity index (χ4n) is 2.43. The summed E-state index contributed by atoms with van der Waals surface area (Å²) >= 11 is 0. The number of rotatable bonds is 8. The first-order valence-corrected chi connectivity index (χ1v) is 7.37. The van der Waals surface area contributed by atoms with Crippen LogP contribution in [0.3, 0.4) is 0 Å². The summed E-state index contributed by atoms with van der Waals surface area (Å²) in [6.45, 7) is 9.76. The van der Waals surface area contributed by atoms with Crippen LogP contribution >= 0.6 is 0 Å². The molecule has 2 N–H and O–H groups in total. The zero-order valence-corrected chi connectivity index (χ0v) is 13.1. The van der Waals surface area contributed by atoms with Crippen LogP contribution in [0.5, 0.6) is 0 Å². The van der Waals surface area contributed by atoms with Crippen LogP contribution < -0.4 is 5.73 Å². The smallest absolute Gasteiger partial charge is 0.0230 e. The van der Waals surface area contributed by atoms with E-state index in [1.807, 2.05) is 0 Å². The molecule has 0 bridgehead atoms. The van der Waals surface area contributed by atoms with Crippen LogP contribution in [0.25, 0.3) is 0 Å². The maximum atomic E-state index is 5.65. The summed E-state index contributed by atoms with van der Waals surface area (Å²) in [7, 11) is 2.20. The first-order chi connectivity index (χ1) is 8.93. The molecule has 0 heterocycles. The minimum Gasteiger partial charge on any atom is -0.330 e. The third-order valence-electron chi connectivity index (χ3n) is 3.79.